The summed E-state index contributed by atoms with van der Waals surface area (Å²) in [5.74, 6) is 0. The maximum Gasteiger partial charge on any atom is 0.135 e. The van der Waals surface area contributed by atoms with Gasteiger partial charge in [0.15, 0.2) is 0 Å². The zero-order chi connectivity index (χ0) is 38.5. The van der Waals surface area contributed by atoms with Crippen LogP contribution >= 0.6 is 0 Å². The molecular formula is C57H38O. The average molecular weight is 739 g/mol. The van der Waals surface area contributed by atoms with Gasteiger partial charge in [-0.15, -0.1) is 0 Å². The molecule has 0 fully saturated rings. The molecular weight excluding hydrogens is 701 g/mol. The van der Waals surface area contributed by atoms with Gasteiger partial charge in [0.05, 0.1) is 0 Å². The highest BCUT2D eigenvalue weighted by molar-refractivity contribution is 6.21. The van der Waals surface area contributed by atoms with Gasteiger partial charge in [0.2, 0.25) is 0 Å². The largest absolute Gasteiger partial charge is 0.456 e. The Labute approximate surface area is 337 Å². The molecule has 1 heterocycles. The Morgan fingerprint density at radius 3 is 1.59 bits per heavy atom. The quantitative estimate of drug-likeness (QED) is 0.164. The Bertz CT molecular complexity index is 3410. The highest BCUT2D eigenvalue weighted by Gasteiger charge is 2.36. The summed E-state index contributed by atoms with van der Waals surface area (Å²) in [5, 5.41) is 9.94. The van der Waals surface area contributed by atoms with E-state index in [1.807, 2.05) is 12.1 Å². The smallest absolute Gasteiger partial charge is 0.135 e. The predicted octanol–water partition coefficient (Wildman–Crippen LogP) is 16.0. The normalized spacial score (nSPS) is 13.1. The number of fused-ring (bicyclic) bond motifs is 10. The monoisotopic (exact) mass is 738 g/mol. The molecule has 11 aromatic rings. The minimum Gasteiger partial charge on any atom is -0.456 e. The molecule has 0 saturated carbocycles. The Morgan fingerprint density at radius 1 is 0.310 bits per heavy atom. The van der Waals surface area contributed by atoms with Crippen molar-refractivity contribution in [3.8, 4) is 55.6 Å². The van der Waals surface area contributed by atoms with E-state index in [4.69, 9.17) is 4.42 Å². The summed E-state index contributed by atoms with van der Waals surface area (Å²) in [7, 11) is 0. The fourth-order valence-electron chi connectivity index (χ4n) is 10.0. The van der Waals surface area contributed by atoms with E-state index in [2.05, 4.69) is 196 Å². The summed E-state index contributed by atoms with van der Waals surface area (Å²) < 4.78 is 6.12. The van der Waals surface area contributed by atoms with Crippen molar-refractivity contribution in [1.29, 1.82) is 0 Å². The van der Waals surface area contributed by atoms with Crippen LogP contribution in [0.4, 0.5) is 0 Å². The highest BCUT2D eigenvalue weighted by atomic mass is 16.3. The van der Waals surface area contributed by atoms with Gasteiger partial charge >= 0.3 is 0 Å². The maximum absolute atomic E-state index is 6.12. The van der Waals surface area contributed by atoms with Crippen molar-refractivity contribution >= 4 is 54.3 Å². The minimum atomic E-state index is -0.0922. The van der Waals surface area contributed by atoms with Crippen LogP contribution in [0.1, 0.15) is 25.0 Å². The van der Waals surface area contributed by atoms with Crippen molar-refractivity contribution in [3.63, 3.8) is 0 Å². The zero-order valence-corrected chi connectivity index (χ0v) is 32.4. The molecule has 1 heteroatoms. The Balaban J connectivity index is 0.970. The third-order valence-electron chi connectivity index (χ3n) is 12.9. The molecule has 0 spiro atoms. The molecule has 10 aromatic carbocycles. The van der Waals surface area contributed by atoms with E-state index in [1.165, 1.54) is 99.1 Å². The van der Waals surface area contributed by atoms with Crippen LogP contribution in [0.2, 0.25) is 0 Å². The fraction of sp³-hybridized carbons (Fsp3) is 0.0526. The molecule has 0 amide bonds. The molecule has 0 saturated heterocycles. The summed E-state index contributed by atoms with van der Waals surface area (Å²) in [5.41, 5.74) is 17.1. The third kappa shape index (κ3) is 4.83. The van der Waals surface area contributed by atoms with Crippen molar-refractivity contribution in [1.82, 2.24) is 0 Å². The summed E-state index contributed by atoms with van der Waals surface area (Å²) in [6.07, 6.45) is 0. The molecule has 0 aliphatic heterocycles. The molecule has 0 bridgehead atoms. The molecule has 0 radical (unpaired) electrons. The second kappa shape index (κ2) is 12.4. The van der Waals surface area contributed by atoms with Gasteiger partial charge in [0.25, 0.3) is 0 Å². The second-order valence-corrected chi connectivity index (χ2v) is 16.4. The summed E-state index contributed by atoms with van der Waals surface area (Å²) in [4.78, 5) is 0. The van der Waals surface area contributed by atoms with Crippen molar-refractivity contribution < 1.29 is 4.42 Å². The van der Waals surface area contributed by atoms with Gasteiger partial charge in [-0.05, 0) is 129 Å². The van der Waals surface area contributed by atoms with Gasteiger partial charge in [-0.25, -0.2) is 0 Å². The van der Waals surface area contributed by atoms with Crippen molar-refractivity contribution in [3.05, 3.63) is 205 Å². The summed E-state index contributed by atoms with van der Waals surface area (Å²) in [6.45, 7) is 4.75. The Morgan fingerprint density at radius 2 is 0.845 bits per heavy atom. The van der Waals surface area contributed by atoms with Crippen molar-refractivity contribution in [2.24, 2.45) is 0 Å². The molecule has 1 aromatic heterocycles. The number of benzene rings is 10. The topological polar surface area (TPSA) is 13.1 Å². The molecule has 0 atom stereocenters. The number of para-hydroxylation sites is 1. The van der Waals surface area contributed by atoms with Crippen LogP contribution in [0.15, 0.2) is 199 Å². The van der Waals surface area contributed by atoms with E-state index in [0.29, 0.717) is 0 Å². The molecule has 0 unspecified atom stereocenters. The van der Waals surface area contributed by atoms with E-state index in [1.54, 1.807) is 0 Å². The van der Waals surface area contributed by atoms with Crippen LogP contribution in [0.5, 0.6) is 0 Å². The lowest BCUT2D eigenvalue weighted by Gasteiger charge is -2.22. The lowest BCUT2D eigenvalue weighted by molar-refractivity contribution is 0.661. The van der Waals surface area contributed by atoms with Crippen molar-refractivity contribution in [2.45, 2.75) is 19.3 Å². The predicted molar refractivity (Wildman–Crippen MR) is 246 cm³/mol. The first-order valence-electron chi connectivity index (χ1n) is 20.2. The Hall–Kier alpha value is -7.22. The van der Waals surface area contributed by atoms with Gasteiger partial charge in [0, 0.05) is 16.2 Å². The molecule has 1 aliphatic rings. The Kier molecular flexibility index (Phi) is 7.04. The minimum absolute atomic E-state index is 0.0922. The molecule has 12 rings (SSSR count). The van der Waals surface area contributed by atoms with E-state index in [0.717, 1.165) is 21.9 Å². The van der Waals surface area contributed by atoms with Crippen LogP contribution < -0.4 is 0 Å². The van der Waals surface area contributed by atoms with Gasteiger partial charge in [0.1, 0.15) is 11.2 Å². The summed E-state index contributed by atoms with van der Waals surface area (Å²) >= 11 is 0. The number of hydrogen-bond acceptors (Lipinski definition) is 1. The number of furan rings is 1. The van der Waals surface area contributed by atoms with Crippen LogP contribution in [-0.2, 0) is 5.41 Å². The maximum atomic E-state index is 6.12. The first-order chi connectivity index (χ1) is 28.5. The molecule has 272 valence electrons. The first-order valence-corrected chi connectivity index (χ1v) is 20.2. The van der Waals surface area contributed by atoms with Gasteiger partial charge in [-0.2, -0.15) is 0 Å². The van der Waals surface area contributed by atoms with E-state index >= 15 is 0 Å². The number of rotatable bonds is 4. The van der Waals surface area contributed by atoms with E-state index < -0.39 is 0 Å². The summed E-state index contributed by atoms with van der Waals surface area (Å²) in [6, 6.07) is 71.5. The average Bonchev–Trinajstić information content (AvgIpc) is 3.76. The zero-order valence-electron chi connectivity index (χ0n) is 32.4. The SMILES string of the molecule is CC1(C)c2cc(-c3cccc(-c4c5ccccc5c(-c5ccc(-c6ccc7oc8ccccc8c7c6)cc5)c5ccccc45)c3)ccc2-c2c1ccc1ccccc21. The van der Waals surface area contributed by atoms with Crippen LogP contribution in [0.25, 0.3) is 110 Å². The van der Waals surface area contributed by atoms with Crippen LogP contribution in [-0.4, -0.2) is 0 Å². The molecule has 1 nitrogen and oxygen atoms in total. The van der Waals surface area contributed by atoms with Gasteiger partial charge < -0.3 is 4.42 Å². The molecule has 1 aliphatic carbocycles. The fourth-order valence-corrected chi connectivity index (χ4v) is 10.0. The molecule has 0 N–H and O–H groups in total. The third-order valence-corrected chi connectivity index (χ3v) is 12.9. The highest BCUT2D eigenvalue weighted by Crippen LogP contribution is 2.52. The standard InChI is InChI=1S/C57H38O/c1-57(2)50-30-27-36-12-3-4-15-42(36)56(50)48-29-26-40(34-51(48)57)38-13-11-14-41(32-38)55-46-19-7-5-17-44(46)54(45-18-6-8-20-47(45)55)37-24-22-35(23-25-37)39-28-31-53-49(33-39)43-16-9-10-21-52(43)58-53/h3-34H,1-2H3. The van der Waals surface area contributed by atoms with E-state index in [-0.39, 0.29) is 5.41 Å². The van der Waals surface area contributed by atoms with Crippen LogP contribution in [0.3, 0.4) is 0 Å². The second-order valence-electron chi connectivity index (χ2n) is 16.4. The van der Waals surface area contributed by atoms with Crippen LogP contribution in [0, 0.1) is 0 Å². The molecule has 58 heavy (non-hydrogen) atoms. The van der Waals surface area contributed by atoms with E-state index in [9.17, 15) is 0 Å². The lowest BCUT2D eigenvalue weighted by Crippen LogP contribution is -2.15. The van der Waals surface area contributed by atoms with Gasteiger partial charge in [-0.1, -0.05) is 178 Å². The van der Waals surface area contributed by atoms with Crippen molar-refractivity contribution in [2.75, 3.05) is 0 Å². The number of hydrogen-bond donors (Lipinski definition) is 0. The van der Waals surface area contributed by atoms with Gasteiger partial charge in [-0.3, -0.25) is 0 Å². The first kappa shape index (κ1) is 33.0. The lowest BCUT2D eigenvalue weighted by atomic mass is 9.81.